The first-order valence-electron chi connectivity index (χ1n) is 6.98. The Morgan fingerprint density at radius 1 is 1.15 bits per heavy atom. The molecule has 0 saturated carbocycles. The molecule has 0 aromatic heterocycles. The molecular weight excluding hydrogens is 251 g/mol. The highest BCUT2D eigenvalue weighted by molar-refractivity contribution is 5.35. The van der Waals surface area contributed by atoms with Crippen LogP contribution in [0, 0.1) is 5.82 Å². The second-order valence-electron chi connectivity index (χ2n) is 5.47. The molecule has 0 spiro atoms. The number of fused-ring (bicyclic) bond motifs is 1. The Bertz CT molecular complexity index is 597. The lowest BCUT2D eigenvalue weighted by molar-refractivity contribution is 0.171. The molecule has 2 aromatic rings. The highest BCUT2D eigenvalue weighted by atomic mass is 19.1. The number of rotatable bonds is 2. The number of benzene rings is 2. The molecular formula is C17H19FN2. The van der Waals surface area contributed by atoms with Gasteiger partial charge in [-0.2, -0.15) is 0 Å². The molecule has 2 aromatic carbocycles. The molecule has 20 heavy (non-hydrogen) atoms. The Morgan fingerprint density at radius 2 is 1.90 bits per heavy atom. The SMILES string of the molecule is CC1c2ccc(F)cc2C(N)CN1Cc1ccccc1. The van der Waals surface area contributed by atoms with Gasteiger partial charge in [0.05, 0.1) is 0 Å². The van der Waals surface area contributed by atoms with E-state index in [0.29, 0.717) is 0 Å². The number of halogens is 1. The molecule has 3 heteroatoms. The summed E-state index contributed by atoms with van der Waals surface area (Å²) in [6.07, 6.45) is 0. The standard InChI is InChI=1S/C17H19FN2/c1-12-15-8-7-14(18)9-16(15)17(19)11-20(12)10-13-5-3-2-4-6-13/h2-9,12,17H,10-11,19H2,1H3. The molecule has 0 fully saturated rings. The zero-order valence-electron chi connectivity index (χ0n) is 11.6. The topological polar surface area (TPSA) is 29.3 Å². The number of hydrogen-bond donors (Lipinski definition) is 1. The zero-order chi connectivity index (χ0) is 14.1. The summed E-state index contributed by atoms with van der Waals surface area (Å²) in [6, 6.07) is 15.5. The van der Waals surface area contributed by atoms with Crippen LogP contribution in [0.5, 0.6) is 0 Å². The summed E-state index contributed by atoms with van der Waals surface area (Å²) in [5, 5.41) is 0. The minimum atomic E-state index is -0.206. The monoisotopic (exact) mass is 270 g/mol. The normalized spacial score (nSPS) is 22.6. The lowest BCUT2D eigenvalue weighted by Crippen LogP contribution is -2.39. The molecule has 0 radical (unpaired) electrons. The molecule has 2 unspecified atom stereocenters. The summed E-state index contributed by atoms with van der Waals surface area (Å²) in [4.78, 5) is 2.35. The van der Waals surface area contributed by atoms with Crippen molar-refractivity contribution in [3.63, 3.8) is 0 Å². The smallest absolute Gasteiger partial charge is 0.123 e. The second kappa shape index (κ2) is 5.35. The second-order valence-corrected chi connectivity index (χ2v) is 5.47. The number of nitrogens with two attached hydrogens (primary N) is 1. The average Bonchev–Trinajstić information content (AvgIpc) is 2.45. The maximum Gasteiger partial charge on any atom is 0.123 e. The van der Waals surface area contributed by atoms with Gasteiger partial charge in [-0.3, -0.25) is 4.90 Å². The fourth-order valence-corrected chi connectivity index (χ4v) is 2.97. The summed E-state index contributed by atoms with van der Waals surface area (Å²) >= 11 is 0. The van der Waals surface area contributed by atoms with Gasteiger partial charge < -0.3 is 5.73 Å². The minimum Gasteiger partial charge on any atom is -0.323 e. The maximum atomic E-state index is 13.4. The molecule has 1 aliphatic rings. The van der Waals surface area contributed by atoms with Gasteiger partial charge in [0.2, 0.25) is 0 Å². The van der Waals surface area contributed by atoms with Gasteiger partial charge in [-0.05, 0) is 35.7 Å². The van der Waals surface area contributed by atoms with Crippen molar-refractivity contribution in [1.29, 1.82) is 0 Å². The Labute approximate surface area is 119 Å². The summed E-state index contributed by atoms with van der Waals surface area (Å²) in [5.41, 5.74) is 9.57. The Hall–Kier alpha value is -1.71. The summed E-state index contributed by atoms with van der Waals surface area (Å²) < 4.78 is 13.4. The van der Waals surface area contributed by atoms with E-state index in [0.717, 1.165) is 24.2 Å². The molecule has 2 atom stereocenters. The van der Waals surface area contributed by atoms with Gasteiger partial charge in [-0.15, -0.1) is 0 Å². The quantitative estimate of drug-likeness (QED) is 0.906. The molecule has 104 valence electrons. The van der Waals surface area contributed by atoms with Crippen LogP contribution in [-0.4, -0.2) is 11.4 Å². The lowest BCUT2D eigenvalue weighted by atomic mass is 9.90. The van der Waals surface area contributed by atoms with E-state index < -0.39 is 0 Å². The minimum absolute atomic E-state index is 0.124. The van der Waals surface area contributed by atoms with E-state index in [1.807, 2.05) is 24.3 Å². The first-order valence-corrected chi connectivity index (χ1v) is 6.98. The number of nitrogens with zero attached hydrogens (tertiary/aromatic N) is 1. The molecule has 3 rings (SSSR count). The van der Waals surface area contributed by atoms with Crippen LogP contribution in [0.2, 0.25) is 0 Å². The van der Waals surface area contributed by atoms with Crippen LogP contribution in [0.1, 0.15) is 35.7 Å². The molecule has 2 nitrogen and oxygen atoms in total. The largest absolute Gasteiger partial charge is 0.323 e. The Balaban J connectivity index is 1.88. The predicted molar refractivity (Wildman–Crippen MR) is 78.6 cm³/mol. The van der Waals surface area contributed by atoms with E-state index in [4.69, 9.17) is 5.73 Å². The van der Waals surface area contributed by atoms with Crippen molar-refractivity contribution in [1.82, 2.24) is 4.90 Å². The van der Waals surface area contributed by atoms with Crippen molar-refractivity contribution in [3.05, 3.63) is 71.0 Å². The molecule has 0 amide bonds. The highest BCUT2D eigenvalue weighted by Crippen LogP contribution is 2.34. The van der Waals surface area contributed by atoms with Gasteiger partial charge in [0.15, 0.2) is 0 Å². The van der Waals surface area contributed by atoms with E-state index in [1.165, 1.54) is 11.6 Å². The van der Waals surface area contributed by atoms with Crippen molar-refractivity contribution < 1.29 is 4.39 Å². The van der Waals surface area contributed by atoms with Crippen LogP contribution < -0.4 is 5.73 Å². The summed E-state index contributed by atoms with van der Waals surface area (Å²) in [6.45, 7) is 3.78. The van der Waals surface area contributed by atoms with Crippen molar-refractivity contribution in [2.45, 2.75) is 25.6 Å². The van der Waals surface area contributed by atoms with E-state index >= 15 is 0 Å². The van der Waals surface area contributed by atoms with Gasteiger partial charge in [-0.1, -0.05) is 36.4 Å². The average molecular weight is 270 g/mol. The fraction of sp³-hybridized carbons (Fsp3) is 0.294. The van der Waals surface area contributed by atoms with Crippen LogP contribution >= 0.6 is 0 Å². The van der Waals surface area contributed by atoms with E-state index in [2.05, 4.69) is 24.0 Å². The maximum absolute atomic E-state index is 13.4. The Kier molecular flexibility index (Phi) is 3.55. The van der Waals surface area contributed by atoms with E-state index in [-0.39, 0.29) is 17.9 Å². The Morgan fingerprint density at radius 3 is 2.65 bits per heavy atom. The van der Waals surface area contributed by atoms with Gasteiger partial charge in [0.25, 0.3) is 0 Å². The number of hydrogen-bond acceptors (Lipinski definition) is 2. The molecule has 1 heterocycles. The van der Waals surface area contributed by atoms with Gasteiger partial charge >= 0.3 is 0 Å². The predicted octanol–water partition coefficient (Wildman–Crippen LogP) is 3.40. The molecule has 0 saturated heterocycles. The first kappa shape index (κ1) is 13.3. The fourth-order valence-electron chi connectivity index (χ4n) is 2.97. The third-order valence-corrected chi connectivity index (χ3v) is 4.11. The van der Waals surface area contributed by atoms with Crippen LogP contribution in [0.25, 0.3) is 0 Å². The molecule has 0 bridgehead atoms. The molecule has 0 aliphatic carbocycles. The van der Waals surface area contributed by atoms with Crippen molar-refractivity contribution in [2.75, 3.05) is 6.54 Å². The van der Waals surface area contributed by atoms with Crippen LogP contribution in [-0.2, 0) is 6.54 Å². The van der Waals surface area contributed by atoms with Crippen molar-refractivity contribution in [2.24, 2.45) is 5.73 Å². The first-order chi connectivity index (χ1) is 9.65. The van der Waals surface area contributed by atoms with Gasteiger partial charge in [0, 0.05) is 25.2 Å². The van der Waals surface area contributed by atoms with Crippen molar-refractivity contribution >= 4 is 0 Å². The van der Waals surface area contributed by atoms with Crippen LogP contribution in [0.4, 0.5) is 4.39 Å². The third-order valence-electron chi connectivity index (χ3n) is 4.11. The lowest BCUT2D eigenvalue weighted by Gasteiger charge is -2.38. The van der Waals surface area contributed by atoms with E-state index in [9.17, 15) is 4.39 Å². The van der Waals surface area contributed by atoms with E-state index in [1.54, 1.807) is 6.07 Å². The van der Waals surface area contributed by atoms with Crippen molar-refractivity contribution in [3.8, 4) is 0 Å². The molecule has 1 aliphatic heterocycles. The summed E-state index contributed by atoms with van der Waals surface area (Å²) in [5.74, 6) is -0.206. The van der Waals surface area contributed by atoms with Gasteiger partial charge in [0.1, 0.15) is 5.82 Å². The third kappa shape index (κ3) is 2.47. The highest BCUT2D eigenvalue weighted by Gasteiger charge is 2.28. The molecule has 2 N–H and O–H groups in total. The van der Waals surface area contributed by atoms with Crippen LogP contribution in [0.3, 0.4) is 0 Å². The summed E-state index contributed by atoms with van der Waals surface area (Å²) in [7, 11) is 0. The van der Waals surface area contributed by atoms with Crippen LogP contribution in [0.15, 0.2) is 48.5 Å². The van der Waals surface area contributed by atoms with Gasteiger partial charge in [-0.25, -0.2) is 4.39 Å². The zero-order valence-corrected chi connectivity index (χ0v) is 11.6.